The standard InChI is InChI=1S/C8H17FN2/c1-7(2)11(5)6-8(9)10(3)4/h6-7H,1-5H3/b8-6-. The van der Waals surface area contributed by atoms with Crippen LogP contribution in [-0.2, 0) is 0 Å². The van der Waals surface area contributed by atoms with Gasteiger partial charge in [0, 0.05) is 27.2 Å². The van der Waals surface area contributed by atoms with E-state index in [9.17, 15) is 4.39 Å². The van der Waals surface area contributed by atoms with Crippen LogP contribution in [0.3, 0.4) is 0 Å². The fourth-order valence-electron chi connectivity index (χ4n) is 0.433. The summed E-state index contributed by atoms with van der Waals surface area (Å²) in [5.41, 5.74) is 0. The molecule has 0 amide bonds. The molecule has 0 atom stereocenters. The van der Waals surface area contributed by atoms with Gasteiger partial charge in [-0.25, -0.2) is 0 Å². The molecule has 0 aromatic rings. The molecule has 0 fully saturated rings. The number of hydrogen-bond acceptors (Lipinski definition) is 2. The Morgan fingerprint density at radius 1 is 1.27 bits per heavy atom. The fourth-order valence-corrected chi connectivity index (χ4v) is 0.433. The van der Waals surface area contributed by atoms with E-state index in [0.717, 1.165) is 0 Å². The highest BCUT2D eigenvalue weighted by Gasteiger charge is 2.01. The first kappa shape index (κ1) is 10.3. The predicted molar refractivity (Wildman–Crippen MR) is 45.8 cm³/mol. The molecule has 0 radical (unpaired) electrons. The number of nitrogens with zero attached hydrogens (tertiary/aromatic N) is 2. The molecule has 0 rings (SSSR count). The van der Waals surface area contributed by atoms with Crippen LogP contribution in [0.4, 0.5) is 4.39 Å². The van der Waals surface area contributed by atoms with Crippen LogP contribution in [0.15, 0.2) is 12.2 Å². The van der Waals surface area contributed by atoms with E-state index in [1.165, 1.54) is 11.1 Å². The Morgan fingerprint density at radius 3 is 2.00 bits per heavy atom. The molecule has 66 valence electrons. The van der Waals surface area contributed by atoms with Gasteiger partial charge in [0.2, 0.25) is 5.95 Å². The minimum Gasteiger partial charge on any atom is -0.374 e. The molecule has 0 aromatic carbocycles. The van der Waals surface area contributed by atoms with Gasteiger partial charge in [-0.3, -0.25) is 0 Å². The summed E-state index contributed by atoms with van der Waals surface area (Å²) in [4.78, 5) is 3.27. The smallest absolute Gasteiger partial charge is 0.205 e. The summed E-state index contributed by atoms with van der Waals surface area (Å²) in [6.45, 7) is 4.03. The second kappa shape index (κ2) is 4.21. The van der Waals surface area contributed by atoms with Crippen LogP contribution in [0.1, 0.15) is 13.8 Å². The molecule has 3 heteroatoms. The predicted octanol–water partition coefficient (Wildman–Crippen LogP) is 1.66. The van der Waals surface area contributed by atoms with Crippen molar-refractivity contribution in [1.29, 1.82) is 0 Å². The van der Waals surface area contributed by atoms with E-state index in [4.69, 9.17) is 0 Å². The zero-order valence-electron chi connectivity index (χ0n) is 7.93. The van der Waals surface area contributed by atoms with Crippen molar-refractivity contribution < 1.29 is 4.39 Å². The van der Waals surface area contributed by atoms with Gasteiger partial charge in [0.1, 0.15) is 0 Å². The Kier molecular flexibility index (Phi) is 3.93. The van der Waals surface area contributed by atoms with Crippen molar-refractivity contribution in [3.8, 4) is 0 Å². The number of halogens is 1. The van der Waals surface area contributed by atoms with E-state index in [1.54, 1.807) is 14.1 Å². The Labute approximate surface area is 68.3 Å². The van der Waals surface area contributed by atoms with Gasteiger partial charge in [-0.2, -0.15) is 4.39 Å². The molecule has 0 unspecified atom stereocenters. The molecule has 0 N–H and O–H groups in total. The molecule has 0 heterocycles. The van der Waals surface area contributed by atoms with Gasteiger partial charge in [0.15, 0.2) is 0 Å². The first-order valence-electron chi connectivity index (χ1n) is 3.71. The highest BCUT2D eigenvalue weighted by molar-refractivity contribution is 4.88. The van der Waals surface area contributed by atoms with E-state index in [2.05, 4.69) is 0 Å². The Hall–Kier alpha value is -0.730. The molecular weight excluding hydrogens is 143 g/mol. The van der Waals surface area contributed by atoms with Gasteiger partial charge < -0.3 is 9.80 Å². The topological polar surface area (TPSA) is 6.48 Å². The zero-order valence-corrected chi connectivity index (χ0v) is 7.93. The maximum atomic E-state index is 12.9. The molecule has 0 saturated carbocycles. The van der Waals surface area contributed by atoms with Gasteiger partial charge in [-0.15, -0.1) is 0 Å². The summed E-state index contributed by atoms with van der Waals surface area (Å²) in [6.07, 6.45) is 1.49. The largest absolute Gasteiger partial charge is 0.374 e. The van der Waals surface area contributed by atoms with Crippen LogP contribution < -0.4 is 0 Å². The first-order valence-corrected chi connectivity index (χ1v) is 3.71. The third-order valence-electron chi connectivity index (χ3n) is 1.55. The van der Waals surface area contributed by atoms with E-state index in [0.29, 0.717) is 6.04 Å². The monoisotopic (exact) mass is 160 g/mol. The molecule has 0 saturated heterocycles. The molecule has 0 spiro atoms. The number of rotatable bonds is 3. The summed E-state index contributed by atoms with van der Waals surface area (Å²) < 4.78 is 12.9. The maximum absolute atomic E-state index is 12.9. The van der Waals surface area contributed by atoms with E-state index in [-0.39, 0.29) is 5.95 Å². The van der Waals surface area contributed by atoms with Crippen LogP contribution in [0.25, 0.3) is 0 Å². The Bertz CT molecular complexity index is 141. The average molecular weight is 160 g/mol. The van der Waals surface area contributed by atoms with Gasteiger partial charge in [-0.1, -0.05) is 0 Å². The van der Waals surface area contributed by atoms with Crippen LogP contribution in [-0.4, -0.2) is 37.0 Å². The quantitative estimate of drug-likeness (QED) is 0.579. The van der Waals surface area contributed by atoms with Crippen LogP contribution in [0, 0.1) is 0 Å². The minimum atomic E-state index is -0.221. The van der Waals surface area contributed by atoms with Crippen LogP contribution >= 0.6 is 0 Å². The lowest BCUT2D eigenvalue weighted by Gasteiger charge is -2.20. The minimum absolute atomic E-state index is 0.221. The normalized spacial score (nSPS) is 12.1. The fraction of sp³-hybridized carbons (Fsp3) is 0.750. The highest BCUT2D eigenvalue weighted by atomic mass is 19.1. The van der Waals surface area contributed by atoms with Gasteiger partial charge in [0.25, 0.3) is 0 Å². The first-order chi connectivity index (χ1) is 4.95. The summed E-state index contributed by atoms with van der Waals surface area (Å²) >= 11 is 0. The lowest BCUT2D eigenvalue weighted by atomic mass is 10.4. The molecule has 0 aliphatic heterocycles. The third kappa shape index (κ3) is 3.86. The summed E-state index contributed by atoms with van der Waals surface area (Å²) in [7, 11) is 5.22. The van der Waals surface area contributed by atoms with E-state index in [1.807, 2.05) is 25.8 Å². The maximum Gasteiger partial charge on any atom is 0.205 e. The lowest BCUT2D eigenvalue weighted by molar-refractivity contribution is 0.316. The van der Waals surface area contributed by atoms with Gasteiger partial charge >= 0.3 is 0 Å². The lowest BCUT2D eigenvalue weighted by Crippen LogP contribution is -2.22. The van der Waals surface area contributed by atoms with E-state index >= 15 is 0 Å². The molecule has 0 aromatic heterocycles. The summed E-state index contributed by atoms with van der Waals surface area (Å²) in [5, 5.41) is 0. The highest BCUT2D eigenvalue weighted by Crippen LogP contribution is 2.03. The second-order valence-corrected chi connectivity index (χ2v) is 3.11. The molecule has 11 heavy (non-hydrogen) atoms. The molecular formula is C8H17FN2. The van der Waals surface area contributed by atoms with Crippen molar-refractivity contribution in [3.05, 3.63) is 12.2 Å². The summed E-state index contributed by atoms with van der Waals surface area (Å²) in [6, 6.07) is 0.334. The van der Waals surface area contributed by atoms with Gasteiger partial charge in [0.05, 0.1) is 6.20 Å². The van der Waals surface area contributed by atoms with E-state index < -0.39 is 0 Å². The van der Waals surface area contributed by atoms with Gasteiger partial charge in [-0.05, 0) is 13.8 Å². The molecule has 0 bridgehead atoms. The Morgan fingerprint density at radius 2 is 1.73 bits per heavy atom. The second-order valence-electron chi connectivity index (χ2n) is 3.11. The Balaban J connectivity index is 4.07. The molecule has 0 aliphatic carbocycles. The van der Waals surface area contributed by atoms with Crippen molar-refractivity contribution in [2.75, 3.05) is 21.1 Å². The van der Waals surface area contributed by atoms with Crippen molar-refractivity contribution >= 4 is 0 Å². The van der Waals surface area contributed by atoms with Crippen molar-refractivity contribution in [2.24, 2.45) is 0 Å². The molecule has 2 nitrogen and oxygen atoms in total. The zero-order chi connectivity index (χ0) is 9.02. The van der Waals surface area contributed by atoms with Crippen LogP contribution in [0.2, 0.25) is 0 Å². The number of hydrogen-bond donors (Lipinski definition) is 0. The van der Waals surface area contributed by atoms with Crippen molar-refractivity contribution in [2.45, 2.75) is 19.9 Å². The summed E-state index contributed by atoms with van der Waals surface area (Å²) in [5.74, 6) is -0.221. The SMILES string of the molecule is CC(C)N(C)/C=C(/F)N(C)C. The van der Waals surface area contributed by atoms with Crippen LogP contribution in [0.5, 0.6) is 0 Å². The average Bonchev–Trinajstić information content (AvgIpc) is 1.87. The third-order valence-corrected chi connectivity index (χ3v) is 1.55. The van der Waals surface area contributed by atoms with Crippen molar-refractivity contribution in [3.63, 3.8) is 0 Å². The van der Waals surface area contributed by atoms with Crippen molar-refractivity contribution in [1.82, 2.24) is 9.80 Å². The molecule has 0 aliphatic rings.